The number of carbonyl (C=O) groups excluding carboxylic acids is 2. The number of hydrogen-bond donors (Lipinski definition) is 6. The lowest BCUT2D eigenvalue weighted by molar-refractivity contribution is -0.123. The van der Waals surface area contributed by atoms with E-state index in [-0.39, 0.29) is 11.8 Å². The molecule has 0 aliphatic rings. The van der Waals surface area contributed by atoms with Crippen LogP contribution >= 0.6 is 24.4 Å². The second-order valence-corrected chi connectivity index (χ2v) is 12.7. The van der Waals surface area contributed by atoms with Gasteiger partial charge in [-0.2, -0.15) is 0 Å². The van der Waals surface area contributed by atoms with Crippen LogP contribution < -0.4 is 31.9 Å². The molecule has 10 heteroatoms. The second-order valence-electron chi connectivity index (χ2n) is 11.9. The first kappa shape index (κ1) is 34.3. The van der Waals surface area contributed by atoms with Crippen LogP contribution in [0.2, 0.25) is 0 Å². The van der Waals surface area contributed by atoms with E-state index in [1.807, 2.05) is 86.6 Å². The zero-order valence-electron chi connectivity index (χ0n) is 27.4. The van der Waals surface area contributed by atoms with Crippen molar-refractivity contribution < 1.29 is 9.59 Å². The van der Waals surface area contributed by atoms with Crippen LogP contribution in [0, 0.1) is 13.8 Å². The Morgan fingerprint density at radius 1 is 0.542 bits per heavy atom. The van der Waals surface area contributed by atoms with Gasteiger partial charge in [-0.1, -0.05) is 83.9 Å². The normalized spacial score (nSPS) is 12.1. The maximum atomic E-state index is 13.2. The number of carbonyl (C=O) groups is 2. The fourth-order valence-electron chi connectivity index (χ4n) is 5.48. The Bertz CT molecular complexity index is 1760. The Hall–Kier alpha value is -5.06. The van der Waals surface area contributed by atoms with E-state index in [1.165, 1.54) is 0 Å². The molecule has 2 atom stereocenters. The van der Waals surface area contributed by atoms with Crippen LogP contribution in [-0.2, 0) is 22.7 Å². The smallest absolute Gasteiger partial charge is 0.242 e. The van der Waals surface area contributed by atoms with E-state index < -0.39 is 12.1 Å². The zero-order chi connectivity index (χ0) is 34.2. The summed E-state index contributed by atoms with van der Waals surface area (Å²) >= 11 is 10.9. The summed E-state index contributed by atoms with van der Waals surface area (Å²) in [5, 5.41) is 23.4. The molecule has 0 aliphatic carbocycles. The Kier molecular flexibility index (Phi) is 11.2. The highest BCUT2D eigenvalue weighted by atomic mass is 32.1. The van der Waals surface area contributed by atoms with Crippen molar-refractivity contribution in [1.82, 2.24) is 21.3 Å². The van der Waals surface area contributed by atoms with Gasteiger partial charge < -0.3 is 31.9 Å². The van der Waals surface area contributed by atoms with Gasteiger partial charge in [0, 0.05) is 24.5 Å². The maximum absolute atomic E-state index is 13.2. The summed E-state index contributed by atoms with van der Waals surface area (Å²) in [6.45, 7) is 8.25. The van der Waals surface area contributed by atoms with E-state index in [1.54, 1.807) is 13.8 Å². The highest BCUT2D eigenvalue weighted by Gasteiger charge is 2.19. The van der Waals surface area contributed by atoms with Gasteiger partial charge in [-0.25, -0.2) is 0 Å². The Morgan fingerprint density at radius 2 is 0.854 bits per heavy atom. The predicted molar refractivity (Wildman–Crippen MR) is 205 cm³/mol. The third-order valence-electron chi connectivity index (χ3n) is 8.13. The molecule has 0 saturated carbocycles. The van der Waals surface area contributed by atoms with Gasteiger partial charge >= 0.3 is 0 Å². The summed E-state index contributed by atoms with van der Waals surface area (Å²) in [5.74, 6) is -0.354. The van der Waals surface area contributed by atoms with Gasteiger partial charge in [0.15, 0.2) is 10.2 Å². The Morgan fingerprint density at radius 3 is 1.17 bits per heavy atom. The van der Waals surface area contributed by atoms with Crippen LogP contribution in [0.15, 0.2) is 97.1 Å². The first-order chi connectivity index (χ1) is 23.1. The number of nitrogens with one attached hydrogen (secondary N) is 6. The lowest BCUT2D eigenvalue weighted by Gasteiger charge is -2.21. The average Bonchev–Trinajstić information content (AvgIpc) is 3.07. The van der Waals surface area contributed by atoms with E-state index >= 15 is 0 Å². The minimum absolute atomic E-state index is 0.177. The van der Waals surface area contributed by atoms with Gasteiger partial charge in [-0.05, 0) is 109 Å². The third-order valence-corrected chi connectivity index (χ3v) is 8.57. The summed E-state index contributed by atoms with van der Waals surface area (Å²) < 4.78 is 0. The van der Waals surface area contributed by atoms with E-state index in [9.17, 15) is 9.59 Å². The summed E-state index contributed by atoms with van der Waals surface area (Å²) in [4.78, 5) is 26.4. The topological polar surface area (TPSA) is 106 Å². The van der Waals surface area contributed by atoms with Gasteiger partial charge in [-0.15, -0.1) is 0 Å². The van der Waals surface area contributed by atoms with Crippen molar-refractivity contribution in [3.8, 4) is 0 Å². The molecular weight excluding hydrogens is 637 g/mol. The third kappa shape index (κ3) is 8.64. The van der Waals surface area contributed by atoms with E-state index in [0.29, 0.717) is 23.3 Å². The molecule has 2 amide bonds. The van der Waals surface area contributed by atoms with Gasteiger partial charge in [0.25, 0.3) is 0 Å². The van der Waals surface area contributed by atoms with Crippen LogP contribution in [-0.4, -0.2) is 34.1 Å². The highest BCUT2D eigenvalue weighted by molar-refractivity contribution is 7.80. The Balaban J connectivity index is 1.26. The fourth-order valence-corrected chi connectivity index (χ4v) is 6.07. The van der Waals surface area contributed by atoms with E-state index in [4.69, 9.17) is 24.4 Å². The minimum atomic E-state index is -0.557. The quantitative estimate of drug-likeness (QED) is 0.0727. The number of fused-ring (bicyclic) bond motifs is 2. The molecular formula is C38H40N6O2S2. The van der Waals surface area contributed by atoms with Crippen molar-refractivity contribution in [3.63, 3.8) is 0 Å². The summed E-state index contributed by atoms with van der Waals surface area (Å²) in [7, 11) is 0. The number of anilines is 2. The van der Waals surface area contributed by atoms with Crippen molar-refractivity contribution >= 4 is 79.4 Å². The number of aryl methyl sites for hydroxylation is 2. The molecule has 5 aromatic carbocycles. The first-order valence-electron chi connectivity index (χ1n) is 15.8. The molecule has 0 heterocycles. The van der Waals surface area contributed by atoms with Gasteiger partial charge in [0.1, 0.15) is 12.1 Å². The number of benzene rings is 5. The second kappa shape index (κ2) is 15.7. The van der Waals surface area contributed by atoms with Crippen molar-refractivity contribution in [2.45, 2.75) is 52.9 Å². The van der Waals surface area contributed by atoms with Gasteiger partial charge in [0.05, 0.1) is 0 Å². The molecule has 6 N–H and O–H groups in total. The molecule has 0 spiro atoms. The monoisotopic (exact) mass is 676 g/mol. The number of thiocarbonyl (C=S) groups is 2. The highest BCUT2D eigenvalue weighted by Crippen LogP contribution is 2.33. The van der Waals surface area contributed by atoms with Crippen molar-refractivity contribution in [3.05, 3.63) is 119 Å². The average molecular weight is 677 g/mol. The molecule has 0 radical (unpaired) electrons. The van der Waals surface area contributed by atoms with E-state index in [0.717, 1.165) is 55.2 Å². The fraction of sp³-hybridized carbons (Fsp3) is 0.211. The first-order valence-corrected chi connectivity index (χ1v) is 16.7. The zero-order valence-corrected chi connectivity index (χ0v) is 29.1. The standard InChI is InChI=1S/C38H40N6O2S2/c1-23-13-17-27(18-14-23)43-37(47)41-25(3)35(45)39-21-33-29-9-5-7-11-31(29)34(32-12-8-6-10-30(32)33)22-40-36(46)26(4)42-38(48)44-28-19-15-24(2)16-20-28/h5-20,25-26H,21-22H2,1-4H3,(H,39,45)(H,40,46)(H2,41,43,47)(H2,42,44,48)/t25-,26-/m0/s1. The van der Waals surface area contributed by atoms with Crippen LogP contribution in [0.5, 0.6) is 0 Å². The maximum Gasteiger partial charge on any atom is 0.242 e. The van der Waals surface area contributed by atoms with Crippen LogP contribution in [0.4, 0.5) is 11.4 Å². The molecule has 0 unspecified atom stereocenters. The molecule has 0 aliphatic heterocycles. The number of hydrogen-bond acceptors (Lipinski definition) is 4. The van der Waals surface area contributed by atoms with E-state index in [2.05, 4.69) is 56.2 Å². The molecule has 5 aromatic rings. The minimum Gasteiger partial charge on any atom is -0.351 e. The SMILES string of the molecule is Cc1ccc(NC(=S)N[C@@H](C)C(=O)NCc2c3ccccc3c(CNC(=O)[C@H](C)NC(=S)Nc3ccc(C)cc3)c3ccccc23)cc1. The largest absolute Gasteiger partial charge is 0.351 e. The predicted octanol–water partition coefficient (Wildman–Crippen LogP) is 6.59. The van der Waals surface area contributed by atoms with Crippen molar-refractivity contribution in [2.24, 2.45) is 0 Å². The van der Waals surface area contributed by atoms with Crippen LogP contribution in [0.3, 0.4) is 0 Å². The lowest BCUT2D eigenvalue weighted by Crippen LogP contribution is -2.46. The summed E-state index contributed by atoms with van der Waals surface area (Å²) in [6.07, 6.45) is 0. The molecule has 0 fully saturated rings. The van der Waals surface area contributed by atoms with Gasteiger partial charge in [0.2, 0.25) is 11.8 Å². The van der Waals surface area contributed by atoms with Gasteiger partial charge in [-0.3, -0.25) is 9.59 Å². The van der Waals surface area contributed by atoms with Crippen molar-refractivity contribution in [2.75, 3.05) is 10.6 Å². The molecule has 48 heavy (non-hydrogen) atoms. The number of amides is 2. The Labute approximate surface area is 292 Å². The van der Waals surface area contributed by atoms with Crippen LogP contribution in [0.25, 0.3) is 21.5 Å². The summed E-state index contributed by atoms with van der Waals surface area (Å²) in [5.41, 5.74) is 6.01. The molecule has 5 rings (SSSR count). The lowest BCUT2D eigenvalue weighted by atomic mass is 9.91. The molecule has 0 bridgehead atoms. The summed E-state index contributed by atoms with van der Waals surface area (Å²) in [6, 6.07) is 30.8. The molecule has 0 saturated heterocycles. The molecule has 0 aromatic heterocycles. The molecule has 246 valence electrons. The number of rotatable bonds is 10. The molecule has 8 nitrogen and oxygen atoms in total. The van der Waals surface area contributed by atoms with Crippen LogP contribution in [0.1, 0.15) is 36.1 Å². The van der Waals surface area contributed by atoms with Crippen molar-refractivity contribution in [1.29, 1.82) is 0 Å².